The molecule has 2 rings (SSSR count). The normalized spacial score (nSPS) is 24.4. The fourth-order valence-electron chi connectivity index (χ4n) is 3.69. The number of ether oxygens (including phenoxy) is 1. The van der Waals surface area contributed by atoms with E-state index in [9.17, 15) is 9.90 Å². The van der Waals surface area contributed by atoms with E-state index < -0.39 is 6.10 Å². The average molecular weight is 307 g/mol. The third-order valence-corrected chi connectivity index (χ3v) is 5.10. The van der Waals surface area contributed by atoms with Crippen LogP contribution in [0.1, 0.15) is 39.5 Å². The van der Waals surface area contributed by atoms with Crippen molar-refractivity contribution in [3.8, 4) is 0 Å². The van der Waals surface area contributed by atoms with Gasteiger partial charge in [-0.05, 0) is 25.7 Å². The van der Waals surface area contributed by atoms with Gasteiger partial charge in [-0.2, -0.15) is 0 Å². The zero-order valence-corrected chi connectivity index (χ0v) is 13.9. The molecule has 1 fully saturated rings. The highest BCUT2D eigenvalue weighted by atomic mass is 16.5. The summed E-state index contributed by atoms with van der Waals surface area (Å²) in [6.45, 7) is 3.78. The number of aliphatic hydroxyl groups excluding tert-OH is 1. The molecule has 0 spiro atoms. The van der Waals surface area contributed by atoms with E-state index >= 15 is 0 Å². The number of hydrogen-bond acceptors (Lipinski definition) is 3. The average Bonchev–Trinajstić information content (AvgIpc) is 3.20. The molecule has 0 bridgehead atoms. The van der Waals surface area contributed by atoms with Gasteiger partial charge in [0.15, 0.2) is 0 Å². The largest absolute Gasteiger partial charge is 0.390 e. The Kier molecular flexibility index (Phi) is 6.21. The van der Waals surface area contributed by atoms with Gasteiger partial charge < -0.3 is 15.2 Å². The Morgan fingerprint density at radius 3 is 2.36 bits per heavy atom. The number of aliphatic hydroxyl groups is 1. The van der Waals surface area contributed by atoms with Crippen molar-refractivity contribution >= 4 is 5.91 Å². The quantitative estimate of drug-likeness (QED) is 0.759. The molecule has 0 aromatic carbocycles. The summed E-state index contributed by atoms with van der Waals surface area (Å²) in [5.41, 5.74) is 0. The summed E-state index contributed by atoms with van der Waals surface area (Å²) in [6, 6.07) is -0.284. The van der Waals surface area contributed by atoms with E-state index in [1.54, 1.807) is 7.11 Å². The minimum absolute atomic E-state index is 0.0151. The van der Waals surface area contributed by atoms with E-state index in [0.717, 1.165) is 12.8 Å². The minimum Gasteiger partial charge on any atom is -0.390 e. The number of hydrogen-bond donors (Lipinski definition) is 2. The Bertz CT molecular complexity index is 414. The van der Waals surface area contributed by atoms with E-state index in [-0.39, 0.29) is 29.9 Å². The van der Waals surface area contributed by atoms with Crippen molar-refractivity contribution in [3.05, 3.63) is 24.3 Å². The zero-order chi connectivity index (χ0) is 16.1. The van der Waals surface area contributed by atoms with Gasteiger partial charge in [-0.3, -0.25) is 4.79 Å². The van der Waals surface area contributed by atoms with Crippen LogP contribution in [0.25, 0.3) is 0 Å². The molecule has 0 radical (unpaired) electrons. The van der Waals surface area contributed by atoms with Gasteiger partial charge in [0.25, 0.3) is 0 Å². The van der Waals surface area contributed by atoms with Gasteiger partial charge in [0.2, 0.25) is 5.91 Å². The summed E-state index contributed by atoms with van der Waals surface area (Å²) in [5.74, 6) is 0.235. The molecule has 0 heterocycles. The fraction of sp³-hybridized carbons (Fsp3) is 0.722. The lowest BCUT2D eigenvalue weighted by molar-refractivity contribution is -0.132. The van der Waals surface area contributed by atoms with E-state index in [1.165, 1.54) is 12.8 Å². The van der Waals surface area contributed by atoms with Gasteiger partial charge in [0, 0.05) is 13.0 Å². The molecule has 2 aliphatic carbocycles. The van der Waals surface area contributed by atoms with Crippen LogP contribution < -0.4 is 5.32 Å². The fourth-order valence-corrected chi connectivity index (χ4v) is 3.69. The predicted molar refractivity (Wildman–Crippen MR) is 87.3 cm³/mol. The van der Waals surface area contributed by atoms with Crippen LogP contribution in [0.4, 0.5) is 0 Å². The topological polar surface area (TPSA) is 58.6 Å². The third kappa shape index (κ3) is 3.99. The second-order valence-corrected chi connectivity index (χ2v) is 6.67. The summed E-state index contributed by atoms with van der Waals surface area (Å²) in [4.78, 5) is 12.5. The lowest BCUT2D eigenvalue weighted by atomic mass is 9.89. The first kappa shape index (κ1) is 17.2. The number of nitrogens with one attached hydrogen (secondary N) is 1. The summed E-state index contributed by atoms with van der Waals surface area (Å²) in [5, 5.41) is 13.3. The van der Waals surface area contributed by atoms with Gasteiger partial charge in [-0.1, -0.05) is 44.1 Å². The van der Waals surface area contributed by atoms with Crippen molar-refractivity contribution in [1.29, 1.82) is 0 Å². The molecule has 0 aromatic rings. The van der Waals surface area contributed by atoms with Crippen molar-refractivity contribution in [3.63, 3.8) is 0 Å². The van der Waals surface area contributed by atoms with Gasteiger partial charge in [-0.25, -0.2) is 0 Å². The number of amides is 1. The van der Waals surface area contributed by atoms with Crippen molar-refractivity contribution < 1.29 is 14.6 Å². The SMILES string of the molecule is CO[C@@H](C1CCCC1)[C@@H](C)C(=O)NC(C)C(O)C1C=CC=C1. The molecular formula is C18H29NO3. The van der Waals surface area contributed by atoms with E-state index in [0.29, 0.717) is 5.92 Å². The predicted octanol–water partition coefficient (Wildman–Crippen LogP) is 2.44. The summed E-state index contributed by atoms with van der Waals surface area (Å²) in [7, 11) is 1.69. The maximum Gasteiger partial charge on any atom is 0.225 e. The van der Waals surface area contributed by atoms with E-state index in [4.69, 9.17) is 4.74 Å². The molecule has 0 saturated heterocycles. The van der Waals surface area contributed by atoms with E-state index in [2.05, 4.69) is 5.32 Å². The first-order chi connectivity index (χ1) is 10.5. The van der Waals surface area contributed by atoms with Crippen LogP contribution in [-0.2, 0) is 9.53 Å². The highest BCUT2D eigenvalue weighted by Crippen LogP contribution is 2.32. The molecular weight excluding hydrogens is 278 g/mol. The summed E-state index contributed by atoms with van der Waals surface area (Å²) >= 11 is 0. The highest BCUT2D eigenvalue weighted by molar-refractivity contribution is 5.79. The molecule has 4 heteroatoms. The van der Waals surface area contributed by atoms with Crippen molar-refractivity contribution in [2.45, 2.75) is 57.8 Å². The Morgan fingerprint density at radius 2 is 1.82 bits per heavy atom. The minimum atomic E-state index is -0.598. The lowest BCUT2D eigenvalue weighted by Crippen LogP contribution is -2.48. The summed E-state index contributed by atoms with van der Waals surface area (Å²) in [6.07, 6.45) is 11.9. The molecule has 124 valence electrons. The molecule has 1 saturated carbocycles. The van der Waals surface area contributed by atoms with Gasteiger partial charge in [0.1, 0.15) is 0 Å². The Hall–Kier alpha value is -1.13. The van der Waals surface area contributed by atoms with Gasteiger partial charge >= 0.3 is 0 Å². The monoisotopic (exact) mass is 307 g/mol. The van der Waals surface area contributed by atoms with Crippen LogP contribution >= 0.6 is 0 Å². The zero-order valence-electron chi connectivity index (χ0n) is 13.9. The van der Waals surface area contributed by atoms with Crippen LogP contribution in [0.5, 0.6) is 0 Å². The number of methoxy groups -OCH3 is 1. The first-order valence-electron chi connectivity index (χ1n) is 8.40. The second kappa shape index (κ2) is 7.93. The molecule has 1 amide bonds. The van der Waals surface area contributed by atoms with Gasteiger partial charge in [0.05, 0.1) is 24.2 Å². The molecule has 22 heavy (non-hydrogen) atoms. The number of allylic oxidation sites excluding steroid dienone is 2. The molecule has 4 nitrogen and oxygen atoms in total. The molecule has 0 aliphatic heterocycles. The van der Waals surface area contributed by atoms with Crippen molar-refractivity contribution in [1.82, 2.24) is 5.32 Å². The number of carbonyl (C=O) groups excluding carboxylic acids is 1. The molecule has 0 aromatic heterocycles. The first-order valence-corrected chi connectivity index (χ1v) is 8.40. The van der Waals surface area contributed by atoms with E-state index in [1.807, 2.05) is 38.2 Å². The van der Waals surface area contributed by atoms with Crippen molar-refractivity contribution in [2.75, 3.05) is 7.11 Å². The molecule has 4 atom stereocenters. The van der Waals surface area contributed by atoms with Crippen molar-refractivity contribution in [2.24, 2.45) is 17.8 Å². The maximum atomic E-state index is 12.5. The lowest BCUT2D eigenvalue weighted by Gasteiger charge is -2.30. The molecule has 2 unspecified atom stereocenters. The standard InChI is InChI=1S/C18H29NO3/c1-12(17(22-3)15-10-6-7-11-15)18(21)19-13(2)16(20)14-8-4-5-9-14/h4-5,8-9,12-17,20H,6-7,10-11H2,1-3H3,(H,19,21)/t12-,13?,16?,17-/m1/s1. The number of carbonyl (C=O) groups is 1. The summed E-state index contributed by atoms with van der Waals surface area (Å²) < 4.78 is 5.61. The van der Waals surface area contributed by atoms with Crippen LogP contribution in [0.2, 0.25) is 0 Å². The van der Waals surface area contributed by atoms with Crippen LogP contribution in [0.3, 0.4) is 0 Å². The van der Waals surface area contributed by atoms with Crippen LogP contribution in [0, 0.1) is 17.8 Å². The second-order valence-electron chi connectivity index (χ2n) is 6.67. The Morgan fingerprint density at radius 1 is 1.23 bits per heavy atom. The third-order valence-electron chi connectivity index (χ3n) is 5.10. The Balaban J connectivity index is 1.89. The van der Waals surface area contributed by atoms with Crippen LogP contribution in [0.15, 0.2) is 24.3 Å². The molecule has 2 N–H and O–H groups in total. The highest BCUT2D eigenvalue weighted by Gasteiger charge is 2.34. The molecule has 2 aliphatic rings. The number of rotatable bonds is 7. The Labute approximate surface area is 133 Å². The maximum absolute atomic E-state index is 12.5. The smallest absolute Gasteiger partial charge is 0.225 e. The van der Waals surface area contributed by atoms with Gasteiger partial charge in [-0.15, -0.1) is 0 Å². The van der Waals surface area contributed by atoms with Crippen LogP contribution in [-0.4, -0.2) is 36.4 Å².